The first-order valence-electron chi connectivity index (χ1n) is 9.13. The van der Waals surface area contributed by atoms with Crippen LogP contribution in [0.15, 0.2) is 18.5 Å². The van der Waals surface area contributed by atoms with Crippen LogP contribution in [0.4, 0.5) is 5.82 Å². The van der Waals surface area contributed by atoms with Gasteiger partial charge < -0.3 is 15.1 Å². The number of carbonyl (C=O) groups is 1. The molecule has 1 amide bonds. The maximum Gasteiger partial charge on any atom is 0.224 e. The molecule has 8 heteroatoms. The van der Waals surface area contributed by atoms with Gasteiger partial charge in [-0.25, -0.2) is 0 Å². The zero-order valence-corrected chi connectivity index (χ0v) is 15.1. The van der Waals surface area contributed by atoms with E-state index in [1.54, 1.807) is 10.8 Å². The van der Waals surface area contributed by atoms with Crippen LogP contribution < -0.4 is 10.2 Å². The van der Waals surface area contributed by atoms with Crippen molar-refractivity contribution in [2.24, 2.45) is 5.92 Å². The lowest BCUT2D eigenvalue weighted by molar-refractivity contribution is -0.125. The average Bonchev–Trinajstić information content (AvgIpc) is 3.13. The van der Waals surface area contributed by atoms with Gasteiger partial charge in [0, 0.05) is 26.2 Å². The van der Waals surface area contributed by atoms with Gasteiger partial charge in [0.1, 0.15) is 12.1 Å². The molecule has 0 aliphatic carbocycles. The van der Waals surface area contributed by atoms with Gasteiger partial charge in [-0.3, -0.25) is 4.79 Å². The number of rotatable bonds is 7. The number of carbonyl (C=O) groups excluding carboxylic acids is 1. The second kappa shape index (κ2) is 8.24. The highest BCUT2D eigenvalue weighted by Crippen LogP contribution is 2.21. The lowest BCUT2D eigenvalue weighted by atomic mass is 9.97. The minimum absolute atomic E-state index is 0.0175. The SMILES string of the molecule is CCN(CC)CCNC(=O)C1CCCN(c2ccc3nncn3n2)C1. The van der Waals surface area contributed by atoms with Gasteiger partial charge in [0.2, 0.25) is 5.91 Å². The van der Waals surface area contributed by atoms with Crippen molar-refractivity contribution in [2.45, 2.75) is 26.7 Å². The molecular formula is C17H27N7O. The molecule has 136 valence electrons. The molecule has 0 aromatic carbocycles. The quantitative estimate of drug-likeness (QED) is 0.800. The summed E-state index contributed by atoms with van der Waals surface area (Å²) < 4.78 is 1.67. The summed E-state index contributed by atoms with van der Waals surface area (Å²) in [6.45, 7) is 9.56. The van der Waals surface area contributed by atoms with Gasteiger partial charge in [0.05, 0.1) is 5.92 Å². The van der Waals surface area contributed by atoms with E-state index in [9.17, 15) is 4.79 Å². The monoisotopic (exact) mass is 345 g/mol. The predicted molar refractivity (Wildman–Crippen MR) is 96.5 cm³/mol. The Morgan fingerprint density at radius 1 is 1.36 bits per heavy atom. The van der Waals surface area contributed by atoms with Crippen LogP contribution in [-0.4, -0.2) is 69.9 Å². The van der Waals surface area contributed by atoms with Crippen molar-refractivity contribution < 1.29 is 4.79 Å². The summed E-state index contributed by atoms with van der Waals surface area (Å²) in [5.74, 6) is 1.04. The number of anilines is 1. The Bertz CT molecular complexity index is 697. The third-order valence-corrected chi connectivity index (χ3v) is 4.89. The van der Waals surface area contributed by atoms with Crippen LogP contribution in [0, 0.1) is 5.92 Å². The highest BCUT2D eigenvalue weighted by atomic mass is 16.1. The van der Waals surface area contributed by atoms with Gasteiger partial charge in [-0.2, -0.15) is 4.52 Å². The summed E-state index contributed by atoms with van der Waals surface area (Å²) in [5.41, 5.74) is 0.728. The summed E-state index contributed by atoms with van der Waals surface area (Å²) in [6.07, 6.45) is 3.53. The third-order valence-electron chi connectivity index (χ3n) is 4.89. The van der Waals surface area contributed by atoms with Crippen molar-refractivity contribution >= 4 is 17.4 Å². The number of likely N-dealkylation sites (N-methyl/N-ethyl adjacent to an activating group) is 1. The zero-order chi connectivity index (χ0) is 17.6. The van der Waals surface area contributed by atoms with Crippen molar-refractivity contribution in [3.8, 4) is 0 Å². The molecule has 3 rings (SSSR count). The van der Waals surface area contributed by atoms with Gasteiger partial charge in [-0.15, -0.1) is 15.3 Å². The number of piperidine rings is 1. The largest absolute Gasteiger partial charge is 0.355 e. The molecule has 1 aliphatic rings. The van der Waals surface area contributed by atoms with E-state index in [0.717, 1.165) is 50.5 Å². The zero-order valence-electron chi connectivity index (χ0n) is 15.1. The standard InChI is InChI=1S/C17H27N7O/c1-3-22(4-2)11-9-18-17(25)14-6-5-10-23(12-14)16-8-7-15-20-19-13-24(15)21-16/h7-8,13-14H,3-6,9-12H2,1-2H3,(H,18,25). The van der Waals surface area contributed by atoms with E-state index in [0.29, 0.717) is 13.1 Å². The fourth-order valence-electron chi connectivity index (χ4n) is 3.31. The first-order chi connectivity index (χ1) is 12.2. The third kappa shape index (κ3) is 4.25. The number of aromatic nitrogens is 4. The first kappa shape index (κ1) is 17.6. The van der Waals surface area contributed by atoms with Crippen molar-refractivity contribution in [1.82, 2.24) is 30.0 Å². The second-order valence-corrected chi connectivity index (χ2v) is 6.43. The molecule has 2 aromatic heterocycles. The number of nitrogens with one attached hydrogen (secondary N) is 1. The van der Waals surface area contributed by atoms with Crippen LogP contribution in [-0.2, 0) is 4.79 Å². The average molecular weight is 345 g/mol. The smallest absolute Gasteiger partial charge is 0.224 e. The number of hydrogen-bond acceptors (Lipinski definition) is 6. The van der Waals surface area contributed by atoms with E-state index in [1.165, 1.54) is 0 Å². The van der Waals surface area contributed by atoms with Crippen molar-refractivity contribution in [3.05, 3.63) is 18.5 Å². The molecule has 0 saturated carbocycles. The molecule has 2 aromatic rings. The summed E-state index contributed by atoms with van der Waals surface area (Å²) >= 11 is 0. The fraction of sp³-hybridized carbons (Fsp3) is 0.647. The fourth-order valence-corrected chi connectivity index (χ4v) is 3.31. The number of hydrogen-bond donors (Lipinski definition) is 1. The van der Waals surface area contributed by atoms with Crippen molar-refractivity contribution in [1.29, 1.82) is 0 Å². The molecule has 1 atom stereocenters. The first-order valence-corrected chi connectivity index (χ1v) is 9.13. The van der Waals surface area contributed by atoms with Gasteiger partial charge in [-0.05, 0) is 38.1 Å². The lowest BCUT2D eigenvalue weighted by Gasteiger charge is -2.32. The number of amides is 1. The van der Waals surface area contributed by atoms with Crippen molar-refractivity contribution in [3.63, 3.8) is 0 Å². The second-order valence-electron chi connectivity index (χ2n) is 6.43. The molecule has 1 unspecified atom stereocenters. The topological polar surface area (TPSA) is 78.7 Å². The van der Waals surface area contributed by atoms with E-state index in [1.807, 2.05) is 12.1 Å². The predicted octanol–water partition coefficient (Wildman–Crippen LogP) is 0.799. The molecule has 1 aliphatic heterocycles. The summed E-state index contributed by atoms with van der Waals surface area (Å²) in [6, 6.07) is 3.85. The number of nitrogens with zero attached hydrogens (tertiary/aromatic N) is 6. The Labute approximate surface area is 148 Å². The molecule has 0 bridgehead atoms. The van der Waals surface area contributed by atoms with E-state index in [2.05, 4.69) is 44.3 Å². The summed E-state index contributed by atoms with van der Waals surface area (Å²) in [7, 11) is 0. The molecule has 1 fully saturated rings. The maximum atomic E-state index is 12.5. The van der Waals surface area contributed by atoms with Crippen LogP contribution in [0.25, 0.3) is 5.65 Å². The molecule has 1 saturated heterocycles. The summed E-state index contributed by atoms with van der Waals surface area (Å²) in [4.78, 5) is 17.0. The Hall–Kier alpha value is -2.22. The van der Waals surface area contributed by atoms with E-state index in [4.69, 9.17) is 0 Å². The molecule has 0 radical (unpaired) electrons. The maximum absolute atomic E-state index is 12.5. The molecular weight excluding hydrogens is 318 g/mol. The highest BCUT2D eigenvalue weighted by Gasteiger charge is 2.26. The van der Waals surface area contributed by atoms with Gasteiger partial charge >= 0.3 is 0 Å². The Morgan fingerprint density at radius 3 is 3.00 bits per heavy atom. The Kier molecular flexibility index (Phi) is 5.80. The minimum atomic E-state index is 0.0175. The molecule has 25 heavy (non-hydrogen) atoms. The van der Waals surface area contributed by atoms with E-state index >= 15 is 0 Å². The van der Waals surface area contributed by atoms with E-state index < -0.39 is 0 Å². The van der Waals surface area contributed by atoms with Gasteiger partial charge in [0.15, 0.2) is 5.65 Å². The minimum Gasteiger partial charge on any atom is -0.355 e. The molecule has 1 N–H and O–H groups in total. The normalized spacial score (nSPS) is 18.0. The van der Waals surface area contributed by atoms with Crippen LogP contribution in [0.1, 0.15) is 26.7 Å². The lowest BCUT2D eigenvalue weighted by Crippen LogP contribution is -2.45. The molecule has 8 nitrogen and oxygen atoms in total. The summed E-state index contributed by atoms with van der Waals surface area (Å²) in [5, 5.41) is 15.5. The van der Waals surface area contributed by atoms with Gasteiger partial charge in [-0.1, -0.05) is 13.8 Å². The van der Waals surface area contributed by atoms with E-state index in [-0.39, 0.29) is 11.8 Å². The van der Waals surface area contributed by atoms with Gasteiger partial charge in [0.25, 0.3) is 0 Å². The molecule has 0 spiro atoms. The Morgan fingerprint density at radius 2 is 2.20 bits per heavy atom. The Balaban J connectivity index is 1.56. The highest BCUT2D eigenvalue weighted by molar-refractivity contribution is 5.79. The number of fused-ring (bicyclic) bond motifs is 1. The van der Waals surface area contributed by atoms with Crippen LogP contribution >= 0.6 is 0 Å². The van der Waals surface area contributed by atoms with Crippen LogP contribution in [0.3, 0.4) is 0 Å². The van der Waals surface area contributed by atoms with Crippen molar-refractivity contribution in [2.75, 3.05) is 44.2 Å². The molecule has 3 heterocycles. The van der Waals surface area contributed by atoms with Crippen LogP contribution in [0.2, 0.25) is 0 Å². The van der Waals surface area contributed by atoms with Crippen LogP contribution in [0.5, 0.6) is 0 Å².